The van der Waals surface area contributed by atoms with Gasteiger partial charge in [-0.2, -0.15) is 0 Å². The van der Waals surface area contributed by atoms with E-state index in [-0.39, 0.29) is 12.5 Å². The monoisotopic (exact) mass is 439 g/mol. The summed E-state index contributed by atoms with van der Waals surface area (Å²) in [6.45, 7) is 6.21. The lowest BCUT2D eigenvalue weighted by atomic mass is 10.0. The van der Waals surface area contributed by atoms with Gasteiger partial charge >= 0.3 is 5.97 Å². The lowest BCUT2D eigenvalue weighted by Gasteiger charge is -2.10. The van der Waals surface area contributed by atoms with Crippen LogP contribution < -0.4 is 14.8 Å². The fourth-order valence-electron chi connectivity index (χ4n) is 3.11. The first-order chi connectivity index (χ1) is 14.9. The van der Waals surface area contributed by atoms with Gasteiger partial charge in [0.05, 0.1) is 13.7 Å². The molecule has 0 saturated carbocycles. The van der Waals surface area contributed by atoms with Crippen molar-refractivity contribution in [3.8, 4) is 22.6 Å². The Morgan fingerprint density at radius 2 is 1.55 bits per heavy atom. The number of carbonyl (C=O) groups is 2. The molecule has 7 heteroatoms. The van der Waals surface area contributed by atoms with Gasteiger partial charge in [0, 0.05) is 10.4 Å². The Hall–Kier alpha value is -3.32. The molecule has 6 nitrogen and oxygen atoms in total. The lowest BCUT2D eigenvalue weighted by molar-refractivity contribution is -0.118. The molecule has 0 saturated heterocycles. The molecule has 3 rings (SSSR count). The molecule has 3 aromatic rings. The predicted octanol–water partition coefficient (Wildman–Crippen LogP) is 5.23. The van der Waals surface area contributed by atoms with Crippen molar-refractivity contribution in [3.63, 3.8) is 0 Å². The van der Waals surface area contributed by atoms with Crippen molar-refractivity contribution < 1.29 is 23.8 Å². The van der Waals surface area contributed by atoms with Gasteiger partial charge in [0.1, 0.15) is 22.1 Å². The Morgan fingerprint density at radius 1 is 0.935 bits per heavy atom. The summed E-state index contributed by atoms with van der Waals surface area (Å²) in [7, 11) is 1.32. The van der Waals surface area contributed by atoms with E-state index in [1.165, 1.54) is 18.4 Å². The number of methoxy groups -OCH3 is 1. The third kappa shape index (κ3) is 5.44. The first-order valence-corrected chi connectivity index (χ1v) is 10.7. The fraction of sp³-hybridized carbons (Fsp3) is 0.250. The van der Waals surface area contributed by atoms with Crippen LogP contribution in [-0.2, 0) is 9.53 Å². The third-order valence-corrected chi connectivity index (χ3v) is 5.59. The highest BCUT2D eigenvalue weighted by Gasteiger charge is 2.25. The molecule has 1 aromatic heterocycles. The van der Waals surface area contributed by atoms with Gasteiger partial charge in [0.2, 0.25) is 0 Å². The average Bonchev–Trinajstić information content (AvgIpc) is 3.09. The zero-order chi connectivity index (χ0) is 22.4. The zero-order valence-electron chi connectivity index (χ0n) is 18.0. The zero-order valence-corrected chi connectivity index (χ0v) is 18.8. The number of benzene rings is 2. The van der Waals surface area contributed by atoms with Crippen LogP contribution in [0.1, 0.15) is 27.7 Å². The van der Waals surface area contributed by atoms with E-state index < -0.39 is 5.97 Å². The van der Waals surface area contributed by atoms with Crippen LogP contribution in [0, 0.1) is 13.8 Å². The van der Waals surface area contributed by atoms with E-state index in [1.807, 2.05) is 69.3 Å². The molecule has 0 aliphatic carbocycles. The number of amides is 1. The Bertz CT molecular complexity index is 1050. The van der Waals surface area contributed by atoms with Crippen LogP contribution >= 0.6 is 11.3 Å². The van der Waals surface area contributed by atoms with Gasteiger partial charge in [0.25, 0.3) is 5.91 Å². The molecule has 0 aliphatic heterocycles. The van der Waals surface area contributed by atoms with Crippen LogP contribution in [0.15, 0.2) is 48.5 Å². The summed E-state index contributed by atoms with van der Waals surface area (Å²) in [6, 6.07) is 14.9. The molecule has 0 radical (unpaired) electrons. The van der Waals surface area contributed by atoms with Crippen molar-refractivity contribution >= 4 is 28.2 Å². The number of hydrogen-bond donors (Lipinski definition) is 1. The Balaban J connectivity index is 1.83. The van der Waals surface area contributed by atoms with Gasteiger partial charge < -0.3 is 19.5 Å². The topological polar surface area (TPSA) is 73.9 Å². The normalized spacial score (nSPS) is 10.5. The third-order valence-electron chi connectivity index (χ3n) is 4.57. The highest BCUT2D eigenvalue weighted by Crippen LogP contribution is 2.40. The minimum Gasteiger partial charge on any atom is -0.494 e. The van der Waals surface area contributed by atoms with Gasteiger partial charge in [-0.1, -0.05) is 29.8 Å². The summed E-state index contributed by atoms with van der Waals surface area (Å²) < 4.78 is 16.0. The average molecular weight is 440 g/mol. The maximum Gasteiger partial charge on any atom is 0.341 e. The largest absolute Gasteiger partial charge is 0.494 e. The van der Waals surface area contributed by atoms with Crippen molar-refractivity contribution in [3.05, 3.63) is 64.5 Å². The molecule has 31 heavy (non-hydrogen) atoms. The molecule has 0 bridgehead atoms. The van der Waals surface area contributed by atoms with Gasteiger partial charge in [-0.05, 0) is 50.6 Å². The van der Waals surface area contributed by atoms with Crippen LogP contribution in [0.4, 0.5) is 5.00 Å². The number of thiophene rings is 1. The number of anilines is 1. The first kappa shape index (κ1) is 22.4. The molecule has 1 amide bonds. The van der Waals surface area contributed by atoms with E-state index in [9.17, 15) is 9.59 Å². The molecule has 0 fully saturated rings. The van der Waals surface area contributed by atoms with E-state index in [1.54, 1.807) is 0 Å². The van der Waals surface area contributed by atoms with Gasteiger partial charge in [-0.3, -0.25) is 4.79 Å². The molecule has 0 spiro atoms. The van der Waals surface area contributed by atoms with Crippen LogP contribution in [0.3, 0.4) is 0 Å². The van der Waals surface area contributed by atoms with Crippen LogP contribution in [-0.4, -0.2) is 32.2 Å². The highest BCUT2D eigenvalue weighted by molar-refractivity contribution is 7.17. The van der Waals surface area contributed by atoms with Crippen molar-refractivity contribution in [1.29, 1.82) is 0 Å². The highest BCUT2D eigenvalue weighted by atomic mass is 32.1. The number of carbonyl (C=O) groups excluding carboxylic acids is 2. The smallest absolute Gasteiger partial charge is 0.341 e. The number of aryl methyl sites for hydroxylation is 2. The van der Waals surface area contributed by atoms with Crippen LogP contribution in [0.25, 0.3) is 11.1 Å². The van der Waals surface area contributed by atoms with E-state index in [0.717, 1.165) is 27.3 Å². The Morgan fingerprint density at radius 3 is 2.16 bits per heavy atom. The summed E-state index contributed by atoms with van der Waals surface area (Å²) in [5.74, 6) is 0.486. The summed E-state index contributed by atoms with van der Waals surface area (Å²) in [4.78, 5) is 26.0. The molecular weight excluding hydrogens is 414 g/mol. The van der Waals surface area contributed by atoms with Gasteiger partial charge in [-0.15, -0.1) is 11.3 Å². The van der Waals surface area contributed by atoms with E-state index in [0.29, 0.717) is 22.9 Å². The number of esters is 1. The summed E-state index contributed by atoms with van der Waals surface area (Å²) in [5.41, 5.74) is 3.01. The number of hydrogen-bond acceptors (Lipinski definition) is 6. The minimum atomic E-state index is -0.511. The minimum absolute atomic E-state index is 0.168. The Labute approximate surface area is 185 Å². The molecule has 0 unspecified atom stereocenters. The standard InChI is InChI=1S/C24H25NO5S/c1-5-29-18-12-8-17(9-13-18)21-16(3)31-23(22(21)24(27)28-4)25-20(26)14-30-19-10-6-15(2)7-11-19/h6-13H,5,14H2,1-4H3,(H,25,26). The molecule has 1 heterocycles. The maximum atomic E-state index is 12.6. The fourth-order valence-corrected chi connectivity index (χ4v) is 4.19. The quantitative estimate of drug-likeness (QED) is 0.486. The lowest BCUT2D eigenvalue weighted by Crippen LogP contribution is -2.21. The van der Waals surface area contributed by atoms with E-state index in [4.69, 9.17) is 14.2 Å². The molecule has 0 aliphatic rings. The molecule has 162 valence electrons. The Kier molecular flexibility index (Phi) is 7.31. The second kappa shape index (κ2) is 10.1. The number of nitrogens with one attached hydrogen (secondary N) is 1. The number of rotatable bonds is 8. The maximum absolute atomic E-state index is 12.6. The SMILES string of the molecule is CCOc1ccc(-c2c(C)sc(NC(=O)COc3ccc(C)cc3)c2C(=O)OC)cc1. The van der Waals surface area contributed by atoms with Crippen LogP contribution in [0.5, 0.6) is 11.5 Å². The van der Waals surface area contributed by atoms with Crippen molar-refractivity contribution in [2.75, 3.05) is 25.6 Å². The molecule has 0 atom stereocenters. The van der Waals surface area contributed by atoms with Gasteiger partial charge in [0.15, 0.2) is 6.61 Å². The van der Waals surface area contributed by atoms with E-state index >= 15 is 0 Å². The van der Waals surface area contributed by atoms with E-state index in [2.05, 4.69) is 5.32 Å². The van der Waals surface area contributed by atoms with Crippen molar-refractivity contribution in [1.82, 2.24) is 0 Å². The second-order valence-corrected chi connectivity index (χ2v) is 8.06. The summed E-state index contributed by atoms with van der Waals surface area (Å²) >= 11 is 1.33. The van der Waals surface area contributed by atoms with Crippen LogP contribution in [0.2, 0.25) is 0 Å². The number of ether oxygens (including phenoxy) is 3. The van der Waals surface area contributed by atoms with Crippen molar-refractivity contribution in [2.24, 2.45) is 0 Å². The molecule has 2 aromatic carbocycles. The summed E-state index contributed by atoms with van der Waals surface area (Å²) in [6.07, 6.45) is 0. The second-order valence-electron chi connectivity index (χ2n) is 6.84. The predicted molar refractivity (Wildman–Crippen MR) is 122 cm³/mol. The molecule has 1 N–H and O–H groups in total. The van der Waals surface area contributed by atoms with Crippen molar-refractivity contribution in [2.45, 2.75) is 20.8 Å². The molecular formula is C24H25NO5S. The summed E-state index contributed by atoms with van der Waals surface area (Å²) in [5, 5.41) is 3.23. The first-order valence-electron chi connectivity index (χ1n) is 9.87. The van der Waals surface area contributed by atoms with Gasteiger partial charge in [-0.25, -0.2) is 4.79 Å².